The average molecular weight is 277 g/mol. The van der Waals surface area contributed by atoms with Crippen molar-refractivity contribution in [1.29, 1.82) is 0 Å². The van der Waals surface area contributed by atoms with Crippen LogP contribution in [0.4, 0.5) is 18.9 Å². The number of rotatable bonds is 4. The lowest BCUT2D eigenvalue weighted by Gasteiger charge is -2.09. The van der Waals surface area contributed by atoms with Crippen LogP contribution in [-0.2, 0) is 22.1 Å². The summed E-state index contributed by atoms with van der Waals surface area (Å²) in [6.07, 6.45) is -5.20. The fourth-order valence-corrected chi connectivity index (χ4v) is 1.45. The maximum Gasteiger partial charge on any atom is 0.416 e. The van der Waals surface area contributed by atoms with Gasteiger partial charge in [-0.1, -0.05) is 0 Å². The minimum absolute atomic E-state index is 0.0472. The zero-order valence-corrected chi connectivity index (χ0v) is 9.86. The van der Waals surface area contributed by atoms with Crippen LogP contribution in [0.5, 0.6) is 0 Å². The molecule has 19 heavy (non-hydrogen) atoms. The van der Waals surface area contributed by atoms with Gasteiger partial charge in [0.2, 0.25) is 0 Å². The Morgan fingerprint density at radius 1 is 1.42 bits per heavy atom. The van der Waals surface area contributed by atoms with E-state index >= 15 is 0 Å². The van der Waals surface area contributed by atoms with Gasteiger partial charge in [-0.15, -0.1) is 0 Å². The van der Waals surface area contributed by atoms with Gasteiger partial charge in [0.15, 0.2) is 0 Å². The first-order valence-electron chi connectivity index (χ1n) is 5.25. The quantitative estimate of drug-likeness (QED) is 0.482. The molecule has 0 unspecified atom stereocenters. The lowest BCUT2D eigenvalue weighted by atomic mass is 10.1. The fraction of sp³-hybridized carbons (Fsp3) is 0.364. The van der Waals surface area contributed by atoms with Crippen LogP contribution in [0.3, 0.4) is 0 Å². The highest BCUT2D eigenvalue weighted by Gasteiger charge is 2.32. The lowest BCUT2D eigenvalue weighted by molar-refractivity contribution is -0.385. The molecule has 1 aromatic carbocycles. The number of nitro benzene ring substituents is 1. The number of nitrogens with zero attached hydrogens (tertiary/aromatic N) is 1. The Balaban J connectivity index is 3.16. The van der Waals surface area contributed by atoms with Gasteiger partial charge in [-0.2, -0.15) is 13.2 Å². The maximum atomic E-state index is 12.5. The average Bonchev–Trinajstić information content (AvgIpc) is 2.27. The normalized spacial score (nSPS) is 11.2. The van der Waals surface area contributed by atoms with Crippen molar-refractivity contribution in [3.8, 4) is 0 Å². The summed E-state index contributed by atoms with van der Waals surface area (Å²) in [5.74, 6) is -0.815. The second kappa shape index (κ2) is 5.68. The minimum atomic E-state index is -4.63. The molecule has 0 radical (unpaired) electrons. The molecule has 1 aromatic rings. The fourth-order valence-electron chi connectivity index (χ4n) is 1.45. The molecule has 0 saturated carbocycles. The molecule has 0 saturated heterocycles. The third-order valence-electron chi connectivity index (χ3n) is 2.24. The SMILES string of the molecule is CCOC(=O)Cc1cc(C(F)(F)F)ccc1[N+](=O)[O-]. The van der Waals surface area contributed by atoms with E-state index in [2.05, 4.69) is 4.74 Å². The first kappa shape index (κ1) is 14.9. The molecule has 0 aliphatic rings. The van der Waals surface area contributed by atoms with E-state index in [0.717, 1.165) is 6.07 Å². The van der Waals surface area contributed by atoms with Crippen molar-refractivity contribution < 1.29 is 27.6 Å². The van der Waals surface area contributed by atoms with Crippen molar-refractivity contribution in [1.82, 2.24) is 0 Å². The summed E-state index contributed by atoms with van der Waals surface area (Å²) in [4.78, 5) is 21.1. The molecule has 0 N–H and O–H groups in total. The molecule has 5 nitrogen and oxygen atoms in total. The molecule has 0 bridgehead atoms. The number of nitro groups is 1. The monoisotopic (exact) mass is 277 g/mol. The van der Waals surface area contributed by atoms with E-state index in [1.165, 1.54) is 6.92 Å². The lowest BCUT2D eigenvalue weighted by Crippen LogP contribution is -2.11. The van der Waals surface area contributed by atoms with Crippen LogP contribution < -0.4 is 0 Å². The number of hydrogen-bond acceptors (Lipinski definition) is 4. The number of alkyl halides is 3. The number of hydrogen-bond donors (Lipinski definition) is 0. The molecular formula is C11H10F3NO4. The summed E-state index contributed by atoms with van der Waals surface area (Å²) in [5, 5.41) is 10.7. The summed E-state index contributed by atoms with van der Waals surface area (Å²) < 4.78 is 42.1. The van der Waals surface area contributed by atoms with Crippen LogP contribution in [0.15, 0.2) is 18.2 Å². The standard InChI is InChI=1S/C11H10F3NO4/c1-2-19-10(16)6-7-5-8(11(12,13)14)3-4-9(7)15(17)18/h3-5H,2,6H2,1H3. The van der Waals surface area contributed by atoms with E-state index in [4.69, 9.17) is 0 Å². The number of halogens is 3. The van der Waals surface area contributed by atoms with Crippen LogP contribution in [0.2, 0.25) is 0 Å². The van der Waals surface area contributed by atoms with E-state index in [1.807, 2.05) is 0 Å². The molecule has 0 atom stereocenters. The van der Waals surface area contributed by atoms with Crippen LogP contribution >= 0.6 is 0 Å². The molecule has 8 heteroatoms. The first-order chi connectivity index (χ1) is 8.75. The van der Waals surface area contributed by atoms with Gasteiger partial charge in [0.05, 0.1) is 23.5 Å². The topological polar surface area (TPSA) is 69.4 Å². The Hall–Kier alpha value is -2.12. The molecule has 0 aliphatic heterocycles. The van der Waals surface area contributed by atoms with Gasteiger partial charge in [0.25, 0.3) is 5.69 Å². The van der Waals surface area contributed by atoms with Crippen LogP contribution in [0, 0.1) is 10.1 Å². The zero-order valence-electron chi connectivity index (χ0n) is 9.86. The molecule has 0 aliphatic carbocycles. The Morgan fingerprint density at radius 2 is 2.05 bits per heavy atom. The van der Waals surface area contributed by atoms with Gasteiger partial charge in [-0.05, 0) is 19.1 Å². The molecule has 0 heterocycles. The number of carbonyl (C=O) groups excluding carboxylic acids is 1. The number of benzene rings is 1. The highest BCUT2D eigenvalue weighted by molar-refractivity contribution is 5.74. The second-order valence-electron chi connectivity index (χ2n) is 3.58. The van der Waals surface area contributed by atoms with Gasteiger partial charge in [0, 0.05) is 11.6 Å². The van der Waals surface area contributed by atoms with Crippen molar-refractivity contribution in [2.45, 2.75) is 19.5 Å². The highest BCUT2D eigenvalue weighted by atomic mass is 19.4. The minimum Gasteiger partial charge on any atom is -0.466 e. The van der Waals surface area contributed by atoms with Gasteiger partial charge >= 0.3 is 12.1 Å². The summed E-state index contributed by atoms with van der Waals surface area (Å²) in [7, 11) is 0. The second-order valence-corrected chi connectivity index (χ2v) is 3.58. The van der Waals surface area contributed by atoms with Crippen LogP contribution in [-0.4, -0.2) is 17.5 Å². The summed E-state index contributed by atoms with van der Waals surface area (Å²) in [5.41, 5.74) is -1.91. The van der Waals surface area contributed by atoms with Gasteiger partial charge in [0.1, 0.15) is 0 Å². The van der Waals surface area contributed by atoms with Crippen LogP contribution in [0.1, 0.15) is 18.1 Å². The Morgan fingerprint density at radius 3 is 2.53 bits per heavy atom. The molecule has 0 spiro atoms. The van der Waals surface area contributed by atoms with Crippen molar-refractivity contribution >= 4 is 11.7 Å². The third kappa shape index (κ3) is 3.94. The van der Waals surface area contributed by atoms with Crippen molar-refractivity contribution in [2.24, 2.45) is 0 Å². The largest absolute Gasteiger partial charge is 0.466 e. The summed E-state index contributed by atoms with van der Waals surface area (Å²) in [6, 6.07) is 1.93. The third-order valence-corrected chi connectivity index (χ3v) is 2.24. The van der Waals surface area contributed by atoms with Crippen molar-refractivity contribution in [3.63, 3.8) is 0 Å². The van der Waals surface area contributed by atoms with E-state index in [0.29, 0.717) is 12.1 Å². The highest BCUT2D eigenvalue weighted by Crippen LogP contribution is 2.32. The van der Waals surface area contributed by atoms with Crippen molar-refractivity contribution in [3.05, 3.63) is 39.4 Å². The maximum absolute atomic E-state index is 12.5. The van der Waals surface area contributed by atoms with E-state index in [9.17, 15) is 28.1 Å². The Kier molecular flexibility index (Phi) is 4.47. The van der Waals surface area contributed by atoms with Gasteiger partial charge in [-0.25, -0.2) is 0 Å². The smallest absolute Gasteiger partial charge is 0.416 e. The van der Waals surface area contributed by atoms with Crippen molar-refractivity contribution in [2.75, 3.05) is 6.61 Å². The summed E-state index contributed by atoms with van der Waals surface area (Å²) >= 11 is 0. The van der Waals surface area contributed by atoms with E-state index in [1.54, 1.807) is 0 Å². The Bertz CT molecular complexity index is 499. The summed E-state index contributed by atoms with van der Waals surface area (Å²) in [6.45, 7) is 1.57. The first-order valence-corrected chi connectivity index (χ1v) is 5.25. The molecule has 0 fully saturated rings. The van der Waals surface area contributed by atoms with Gasteiger partial charge < -0.3 is 4.74 Å². The predicted octanol–water partition coefficient (Wildman–Crippen LogP) is 2.72. The number of esters is 1. The molecule has 0 amide bonds. The van der Waals surface area contributed by atoms with Crippen LogP contribution in [0.25, 0.3) is 0 Å². The molecule has 0 aromatic heterocycles. The van der Waals surface area contributed by atoms with Gasteiger partial charge in [-0.3, -0.25) is 14.9 Å². The Labute approximate surface area is 106 Å². The molecular weight excluding hydrogens is 267 g/mol. The molecule has 104 valence electrons. The van der Waals surface area contributed by atoms with E-state index < -0.39 is 34.7 Å². The molecule has 1 rings (SSSR count). The number of ether oxygens (including phenoxy) is 1. The number of carbonyl (C=O) groups is 1. The predicted molar refractivity (Wildman–Crippen MR) is 58.4 cm³/mol. The van der Waals surface area contributed by atoms with E-state index in [-0.39, 0.29) is 12.2 Å². The zero-order chi connectivity index (χ0) is 14.6.